The number of rotatable bonds is 3. The highest BCUT2D eigenvalue weighted by atomic mass is 35.5. The number of allylic oxidation sites excluding steroid dienone is 1. The summed E-state index contributed by atoms with van der Waals surface area (Å²) < 4.78 is 0. The van der Waals surface area contributed by atoms with Gasteiger partial charge in [0.1, 0.15) is 0 Å². The van der Waals surface area contributed by atoms with Crippen LogP contribution < -0.4 is 0 Å². The topological polar surface area (TPSA) is 20.3 Å². The van der Waals surface area contributed by atoms with E-state index >= 15 is 0 Å². The van der Waals surface area contributed by atoms with Gasteiger partial charge in [0.25, 0.3) is 0 Å². The van der Waals surface area contributed by atoms with Crippen LogP contribution in [0.5, 0.6) is 0 Å². The average Bonchev–Trinajstić information content (AvgIpc) is 3.08. The van der Waals surface area contributed by atoms with Gasteiger partial charge in [0, 0.05) is 24.5 Å². The van der Waals surface area contributed by atoms with Crippen molar-refractivity contribution in [2.24, 2.45) is 0 Å². The number of hydrogen-bond acceptors (Lipinski definition) is 1. The molecular weight excluding hydrogens is 234 g/mol. The molecule has 0 bridgehead atoms. The minimum Gasteiger partial charge on any atom is -0.345 e. The number of likely N-dealkylation sites (N-methyl/N-ethyl adjacent to an activating group) is 1. The molecule has 1 amide bonds. The molecule has 1 saturated carbocycles. The maximum Gasteiger partial charge on any atom is 0.245 e. The van der Waals surface area contributed by atoms with Crippen LogP contribution in [0.3, 0.4) is 0 Å². The summed E-state index contributed by atoms with van der Waals surface area (Å²) in [6.07, 6.45) is 5.90. The Labute approximate surface area is 107 Å². The summed E-state index contributed by atoms with van der Waals surface area (Å²) in [5, 5.41) is 0.748. The lowest BCUT2D eigenvalue weighted by molar-refractivity contribution is -0.123. The van der Waals surface area contributed by atoms with Crippen molar-refractivity contribution in [2.45, 2.75) is 18.3 Å². The summed E-state index contributed by atoms with van der Waals surface area (Å²) in [5.74, 6) is 0.0326. The Morgan fingerprint density at radius 3 is 2.35 bits per heavy atom. The molecule has 0 atom stereocenters. The third kappa shape index (κ3) is 2.70. The van der Waals surface area contributed by atoms with Crippen molar-refractivity contribution in [1.29, 1.82) is 0 Å². The highest BCUT2D eigenvalue weighted by Crippen LogP contribution is 2.49. The Morgan fingerprint density at radius 1 is 1.29 bits per heavy atom. The summed E-state index contributed by atoms with van der Waals surface area (Å²) in [5.41, 5.74) is 1.31. The van der Waals surface area contributed by atoms with Gasteiger partial charge in [-0.05, 0) is 36.6 Å². The highest BCUT2D eigenvalue weighted by molar-refractivity contribution is 6.30. The number of nitrogens with zero attached hydrogens (tertiary/aromatic N) is 1. The standard InChI is InChI=1S/C14H16ClNO/c1-16(2)13(17)7-8-14(9-10-14)11-3-5-12(15)6-4-11/h3-8H,9-10H2,1-2H3. The average molecular weight is 250 g/mol. The number of hydrogen-bond donors (Lipinski definition) is 0. The molecule has 0 radical (unpaired) electrons. The van der Waals surface area contributed by atoms with Crippen LogP contribution in [-0.4, -0.2) is 24.9 Å². The molecule has 2 rings (SSSR count). The molecule has 0 spiro atoms. The molecule has 1 aromatic carbocycles. The zero-order chi connectivity index (χ0) is 12.5. The molecule has 0 saturated heterocycles. The fourth-order valence-corrected chi connectivity index (χ4v) is 1.97. The van der Waals surface area contributed by atoms with Gasteiger partial charge < -0.3 is 4.90 Å². The first-order chi connectivity index (χ1) is 8.03. The van der Waals surface area contributed by atoms with Crippen LogP contribution in [0.2, 0.25) is 5.02 Å². The van der Waals surface area contributed by atoms with E-state index < -0.39 is 0 Å². The van der Waals surface area contributed by atoms with Crippen LogP contribution in [0.1, 0.15) is 18.4 Å². The van der Waals surface area contributed by atoms with Crippen molar-refractivity contribution in [3.8, 4) is 0 Å². The van der Waals surface area contributed by atoms with E-state index in [-0.39, 0.29) is 11.3 Å². The van der Waals surface area contributed by atoms with Crippen LogP contribution in [0.15, 0.2) is 36.4 Å². The minimum atomic E-state index is 0.0326. The molecule has 90 valence electrons. The van der Waals surface area contributed by atoms with Gasteiger partial charge in [0.15, 0.2) is 0 Å². The van der Waals surface area contributed by atoms with E-state index in [0.717, 1.165) is 17.9 Å². The molecule has 0 aliphatic heterocycles. The second kappa shape index (κ2) is 4.53. The van der Waals surface area contributed by atoms with Crippen molar-refractivity contribution in [1.82, 2.24) is 4.90 Å². The van der Waals surface area contributed by atoms with Gasteiger partial charge in [0.05, 0.1) is 0 Å². The molecular formula is C14H16ClNO. The molecule has 3 heteroatoms. The predicted molar refractivity (Wildman–Crippen MR) is 70.2 cm³/mol. The van der Waals surface area contributed by atoms with Crippen molar-refractivity contribution in [2.75, 3.05) is 14.1 Å². The molecule has 0 N–H and O–H groups in total. The Balaban J connectivity index is 2.15. The van der Waals surface area contributed by atoms with Crippen LogP contribution in [0.25, 0.3) is 0 Å². The molecule has 17 heavy (non-hydrogen) atoms. The summed E-state index contributed by atoms with van der Waals surface area (Å²) in [6.45, 7) is 0. The smallest absolute Gasteiger partial charge is 0.245 e. The maximum absolute atomic E-state index is 11.5. The lowest BCUT2D eigenvalue weighted by Gasteiger charge is -2.11. The van der Waals surface area contributed by atoms with Gasteiger partial charge in [-0.3, -0.25) is 4.79 Å². The van der Waals surface area contributed by atoms with Gasteiger partial charge in [-0.25, -0.2) is 0 Å². The van der Waals surface area contributed by atoms with E-state index in [9.17, 15) is 4.79 Å². The normalized spacial score (nSPS) is 17.1. The first-order valence-electron chi connectivity index (χ1n) is 5.70. The predicted octanol–water partition coefficient (Wildman–Crippen LogP) is 3.02. The summed E-state index contributed by atoms with van der Waals surface area (Å²) in [4.78, 5) is 13.1. The number of benzene rings is 1. The first-order valence-corrected chi connectivity index (χ1v) is 6.08. The largest absolute Gasteiger partial charge is 0.345 e. The fourth-order valence-electron chi connectivity index (χ4n) is 1.85. The van der Waals surface area contributed by atoms with E-state index in [1.165, 1.54) is 5.56 Å². The van der Waals surface area contributed by atoms with Gasteiger partial charge >= 0.3 is 0 Å². The first kappa shape index (κ1) is 12.2. The molecule has 2 nitrogen and oxygen atoms in total. The van der Waals surface area contributed by atoms with Crippen molar-refractivity contribution < 1.29 is 4.79 Å². The molecule has 1 aromatic rings. The number of carbonyl (C=O) groups is 1. The van der Waals surface area contributed by atoms with E-state index in [0.29, 0.717) is 0 Å². The van der Waals surface area contributed by atoms with Crippen LogP contribution in [0.4, 0.5) is 0 Å². The monoisotopic (exact) mass is 249 g/mol. The number of amides is 1. The van der Waals surface area contributed by atoms with Crippen molar-refractivity contribution in [3.63, 3.8) is 0 Å². The Bertz CT molecular complexity index is 444. The number of halogens is 1. The van der Waals surface area contributed by atoms with Gasteiger partial charge in [-0.15, -0.1) is 0 Å². The summed E-state index contributed by atoms with van der Waals surface area (Å²) in [7, 11) is 3.52. The summed E-state index contributed by atoms with van der Waals surface area (Å²) >= 11 is 5.87. The van der Waals surface area contributed by atoms with Gasteiger partial charge in [0.2, 0.25) is 5.91 Å². The van der Waals surface area contributed by atoms with E-state index in [2.05, 4.69) is 0 Å². The minimum absolute atomic E-state index is 0.0326. The molecule has 0 unspecified atom stereocenters. The zero-order valence-corrected chi connectivity index (χ0v) is 10.9. The number of carbonyl (C=O) groups excluding carboxylic acids is 1. The Kier molecular flexibility index (Phi) is 3.25. The Morgan fingerprint density at radius 2 is 1.88 bits per heavy atom. The molecule has 0 aromatic heterocycles. The Hall–Kier alpha value is -1.28. The lowest BCUT2D eigenvalue weighted by Crippen LogP contribution is -2.19. The van der Waals surface area contributed by atoms with E-state index in [1.54, 1.807) is 25.1 Å². The maximum atomic E-state index is 11.5. The molecule has 1 fully saturated rings. The molecule has 1 aliphatic carbocycles. The van der Waals surface area contributed by atoms with Crippen molar-refractivity contribution >= 4 is 17.5 Å². The second-order valence-electron chi connectivity index (χ2n) is 4.73. The summed E-state index contributed by atoms with van der Waals surface area (Å²) in [6, 6.07) is 7.89. The molecule has 0 heterocycles. The van der Waals surface area contributed by atoms with Crippen molar-refractivity contribution in [3.05, 3.63) is 47.0 Å². The van der Waals surface area contributed by atoms with E-state index in [1.807, 2.05) is 30.3 Å². The van der Waals surface area contributed by atoms with Crippen LogP contribution in [0, 0.1) is 0 Å². The van der Waals surface area contributed by atoms with Crippen LogP contribution in [-0.2, 0) is 10.2 Å². The zero-order valence-electron chi connectivity index (χ0n) is 10.1. The third-order valence-corrected chi connectivity index (χ3v) is 3.45. The van der Waals surface area contributed by atoms with Crippen LogP contribution >= 0.6 is 11.6 Å². The second-order valence-corrected chi connectivity index (χ2v) is 5.17. The lowest BCUT2D eigenvalue weighted by atomic mass is 9.95. The highest BCUT2D eigenvalue weighted by Gasteiger charge is 2.41. The van der Waals surface area contributed by atoms with E-state index in [4.69, 9.17) is 11.6 Å². The molecule has 1 aliphatic rings. The fraction of sp³-hybridized carbons (Fsp3) is 0.357. The van der Waals surface area contributed by atoms with Gasteiger partial charge in [-0.2, -0.15) is 0 Å². The SMILES string of the molecule is CN(C)C(=O)C=CC1(c2ccc(Cl)cc2)CC1. The van der Waals surface area contributed by atoms with Gasteiger partial charge in [-0.1, -0.05) is 29.8 Å². The third-order valence-electron chi connectivity index (χ3n) is 3.19. The quantitative estimate of drug-likeness (QED) is 0.754.